The molecule has 0 bridgehead atoms. The second-order valence-electron chi connectivity index (χ2n) is 6.95. The van der Waals surface area contributed by atoms with Crippen LogP contribution in [-0.4, -0.2) is 26.2 Å². The highest BCUT2D eigenvalue weighted by molar-refractivity contribution is 5.69. The van der Waals surface area contributed by atoms with E-state index in [1.807, 2.05) is 0 Å². The number of hydrogen-bond donors (Lipinski definition) is 2. The van der Waals surface area contributed by atoms with Gasteiger partial charge in [-0.25, -0.2) is 0 Å². The molecule has 3 heteroatoms. The van der Waals surface area contributed by atoms with Crippen LogP contribution in [0, 0.1) is 0 Å². The van der Waals surface area contributed by atoms with E-state index >= 15 is 0 Å². The Morgan fingerprint density at radius 3 is 2.17 bits per heavy atom. The van der Waals surface area contributed by atoms with Gasteiger partial charge in [-0.1, -0.05) is 36.4 Å². The smallest absolute Gasteiger partial charge is 0.141 e. The number of benzene rings is 2. The van der Waals surface area contributed by atoms with Gasteiger partial charge in [-0.2, -0.15) is 0 Å². The first-order valence-electron chi connectivity index (χ1n) is 9.13. The molecule has 1 atom stereocenters. The second kappa shape index (κ2) is 6.67. The van der Waals surface area contributed by atoms with Crippen molar-refractivity contribution in [3.63, 3.8) is 0 Å². The van der Waals surface area contributed by atoms with E-state index in [0.717, 1.165) is 30.4 Å². The lowest BCUT2D eigenvalue weighted by molar-refractivity contribution is 0.397. The van der Waals surface area contributed by atoms with Crippen molar-refractivity contribution >= 4 is 11.4 Å². The quantitative estimate of drug-likeness (QED) is 0.828. The molecule has 3 rings (SSSR count). The topological polar surface area (TPSA) is 52.0 Å². The molecule has 2 aromatic rings. The number of nitrogens with two attached hydrogens (primary N) is 2. The van der Waals surface area contributed by atoms with Crippen LogP contribution in [0.1, 0.15) is 31.4 Å². The highest BCUT2D eigenvalue weighted by Gasteiger charge is 2.45. The number of hydrogen-bond acceptors (Lipinski definition) is 2. The Morgan fingerprint density at radius 2 is 1.54 bits per heavy atom. The van der Waals surface area contributed by atoms with Gasteiger partial charge in [-0.15, -0.1) is 0 Å². The summed E-state index contributed by atoms with van der Waals surface area (Å²) in [5, 5.41) is 0. The average molecular weight is 324 g/mol. The fourth-order valence-corrected chi connectivity index (χ4v) is 4.65. The molecule has 0 saturated heterocycles. The molecule has 128 valence electrons. The zero-order valence-electron chi connectivity index (χ0n) is 15.0. The van der Waals surface area contributed by atoms with Crippen LogP contribution in [0.3, 0.4) is 0 Å². The molecule has 0 radical (unpaired) electrons. The van der Waals surface area contributed by atoms with Crippen LogP contribution in [0.4, 0.5) is 11.4 Å². The van der Waals surface area contributed by atoms with Crippen LogP contribution < -0.4 is 16.0 Å². The van der Waals surface area contributed by atoms with E-state index in [-0.39, 0.29) is 5.41 Å². The van der Waals surface area contributed by atoms with E-state index in [9.17, 15) is 0 Å². The summed E-state index contributed by atoms with van der Waals surface area (Å²) in [6, 6.07) is 17.8. The van der Waals surface area contributed by atoms with Crippen LogP contribution in [-0.2, 0) is 11.8 Å². The predicted molar refractivity (Wildman–Crippen MR) is 104 cm³/mol. The van der Waals surface area contributed by atoms with Crippen LogP contribution in [0.5, 0.6) is 0 Å². The summed E-state index contributed by atoms with van der Waals surface area (Å²) in [7, 11) is 0. The van der Waals surface area contributed by atoms with E-state index in [1.54, 1.807) is 0 Å². The molecule has 0 aliphatic carbocycles. The van der Waals surface area contributed by atoms with Gasteiger partial charge in [0.05, 0.1) is 13.1 Å². The molecule has 0 fully saturated rings. The monoisotopic (exact) mass is 324 g/mol. The first kappa shape index (κ1) is 17.2. The van der Waals surface area contributed by atoms with Crippen molar-refractivity contribution in [2.45, 2.75) is 32.1 Å². The molecule has 3 nitrogen and oxygen atoms in total. The summed E-state index contributed by atoms with van der Waals surface area (Å²) in [6.45, 7) is 7.93. The first-order valence-corrected chi connectivity index (χ1v) is 9.13. The van der Waals surface area contributed by atoms with E-state index < -0.39 is 0 Å². The normalized spacial score (nSPS) is 21.7. The average Bonchev–Trinajstić information content (AvgIpc) is 2.74. The van der Waals surface area contributed by atoms with Crippen molar-refractivity contribution in [2.75, 3.05) is 26.2 Å². The largest absolute Gasteiger partial charge is 0.330 e. The number of nitrogens with zero attached hydrogens (tertiary/aromatic N) is 1. The Balaban J connectivity index is 2.38. The minimum absolute atomic E-state index is 0.0776. The molecule has 24 heavy (non-hydrogen) atoms. The van der Waals surface area contributed by atoms with Crippen LogP contribution >= 0.6 is 0 Å². The molecule has 0 saturated carbocycles. The fourth-order valence-electron chi connectivity index (χ4n) is 4.65. The second-order valence-corrected chi connectivity index (χ2v) is 6.95. The van der Waals surface area contributed by atoms with Crippen molar-refractivity contribution in [2.24, 2.45) is 11.5 Å². The summed E-state index contributed by atoms with van der Waals surface area (Å²) >= 11 is 0. The van der Waals surface area contributed by atoms with Crippen molar-refractivity contribution in [1.29, 1.82) is 0 Å². The third kappa shape index (κ3) is 2.39. The molecule has 0 spiro atoms. The fraction of sp³-hybridized carbons (Fsp3) is 0.429. The Labute approximate surface area is 145 Å². The van der Waals surface area contributed by atoms with Crippen molar-refractivity contribution in [1.82, 2.24) is 4.48 Å². The van der Waals surface area contributed by atoms with Crippen molar-refractivity contribution < 1.29 is 0 Å². The highest BCUT2D eigenvalue weighted by Crippen LogP contribution is 2.49. The number of rotatable bonds is 5. The van der Waals surface area contributed by atoms with Gasteiger partial charge in [0.2, 0.25) is 0 Å². The third-order valence-corrected chi connectivity index (χ3v) is 6.01. The number of quaternary nitrogens is 1. The molecule has 1 aliphatic rings. The van der Waals surface area contributed by atoms with Crippen molar-refractivity contribution in [3.8, 4) is 0 Å². The van der Waals surface area contributed by atoms with Gasteiger partial charge < -0.3 is 11.5 Å². The van der Waals surface area contributed by atoms with Crippen LogP contribution in [0.25, 0.3) is 0 Å². The van der Waals surface area contributed by atoms with E-state index in [2.05, 4.69) is 62.4 Å². The molecular formula is C21H30N3+. The minimum atomic E-state index is -0.0776. The van der Waals surface area contributed by atoms with Gasteiger partial charge >= 0.3 is 0 Å². The van der Waals surface area contributed by atoms with Gasteiger partial charge in [-0.3, -0.25) is 4.48 Å². The lowest BCUT2D eigenvalue weighted by Gasteiger charge is -2.38. The van der Waals surface area contributed by atoms with Gasteiger partial charge in [0.25, 0.3) is 0 Å². The molecule has 0 amide bonds. The van der Waals surface area contributed by atoms with E-state index in [1.165, 1.54) is 22.5 Å². The van der Waals surface area contributed by atoms with E-state index in [0.29, 0.717) is 13.1 Å². The SMILES string of the molecule is CC[N+]1(CC)c2ccccc2CC(CN)(CCN)c2ccccc21. The molecule has 1 unspecified atom stereocenters. The van der Waals surface area contributed by atoms with Gasteiger partial charge in [0.15, 0.2) is 0 Å². The summed E-state index contributed by atoms with van der Waals surface area (Å²) in [4.78, 5) is 0. The maximum absolute atomic E-state index is 6.37. The molecule has 1 heterocycles. The standard InChI is InChI=1S/C21H30N3/c1-3-24(4-2)19-11-7-5-9-17(19)15-21(16-23,13-14-22)18-10-6-8-12-20(18)24/h5-12H,3-4,13-16,22-23H2,1-2H3/q+1. The van der Waals surface area contributed by atoms with Gasteiger partial charge in [-0.05, 0) is 45.4 Å². The van der Waals surface area contributed by atoms with Gasteiger partial charge in [0, 0.05) is 23.1 Å². The van der Waals surface area contributed by atoms with Gasteiger partial charge in [0.1, 0.15) is 11.4 Å². The maximum Gasteiger partial charge on any atom is 0.141 e. The molecule has 1 aliphatic heterocycles. The summed E-state index contributed by atoms with van der Waals surface area (Å²) in [5.41, 5.74) is 17.9. The Morgan fingerprint density at radius 1 is 0.917 bits per heavy atom. The van der Waals surface area contributed by atoms with Crippen molar-refractivity contribution in [3.05, 3.63) is 59.7 Å². The Hall–Kier alpha value is -1.68. The predicted octanol–water partition coefficient (Wildman–Crippen LogP) is 3.47. The summed E-state index contributed by atoms with van der Waals surface area (Å²) in [6.07, 6.45) is 1.89. The first-order chi connectivity index (χ1) is 11.7. The number of fused-ring (bicyclic) bond motifs is 2. The zero-order chi connectivity index (χ0) is 17.2. The molecular weight excluding hydrogens is 294 g/mol. The summed E-state index contributed by atoms with van der Waals surface area (Å²) < 4.78 is 0.888. The minimum Gasteiger partial charge on any atom is -0.330 e. The van der Waals surface area contributed by atoms with Crippen LogP contribution in [0.15, 0.2) is 48.5 Å². The number of para-hydroxylation sites is 2. The summed E-state index contributed by atoms with van der Waals surface area (Å²) in [5.74, 6) is 0. The zero-order valence-corrected chi connectivity index (χ0v) is 15.0. The van der Waals surface area contributed by atoms with E-state index in [4.69, 9.17) is 11.5 Å². The Bertz CT molecular complexity index is 706. The lowest BCUT2D eigenvalue weighted by atomic mass is 9.73. The lowest BCUT2D eigenvalue weighted by Crippen LogP contribution is -2.45. The molecule has 2 aromatic carbocycles. The maximum atomic E-state index is 6.37. The highest BCUT2D eigenvalue weighted by atomic mass is 15.4. The van der Waals surface area contributed by atoms with Crippen LogP contribution in [0.2, 0.25) is 0 Å². The molecule has 0 aromatic heterocycles. The molecule has 4 N–H and O–H groups in total. The third-order valence-electron chi connectivity index (χ3n) is 6.01. The Kier molecular flexibility index (Phi) is 4.77.